The summed E-state index contributed by atoms with van der Waals surface area (Å²) < 4.78 is 15.5. The van der Waals surface area contributed by atoms with Crippen molar-refractivity contribution in [2.24, 2.45) is 22.2 Å². The smallest absolute Gasteiger partial charge is 0.354 e. The number of hydrogen-bond acceptors (Lipinski definition) is 5. The van der Waals surface area contributed by atoms with Crippen LogP contribution in [0.25, 0.3) is 16.7 Å². The number of guanidine groups is 1. The third-order valence-corrected chi connectivity index (χ3v) is 8.37. The maximum absolute atomic E-state index is 14.0. The molecular formula is C38H54ClFN8O. The zero-order valence-electron chi connectivity index (χ0n) is 30.0. The number of nitrogens with zero attached hydrogens (tertiary/aromatic N) is 3. The molecule has 0 aliphatic rings. The second kappa shape index (κ2) is 17.1. The Morgan fingerprint density at radius 2 is 1.78 bits per heavy atom. The molecule has 8 N–H and O–H groups in total. The van der Waals surface area contributed by atoms with Crippen molar-refractivity contribution in [2.45, 2.75) is 97.1 Å². The molecule has 49 heavy (non-hydrogen) atoms. The third kappa shape index (κ3) is 11.5. The summed E-state index contributed by atoms with van der Waals surface area (Å²) in [6, 6.07) is 13.7. The fourth-order valence-electron chi connectivity index (χ4n) is 5.27. The Hall–Kier alpha value is -3.99. The number of aromatic nitrogens is 3. The average molecular weight is 693 g/mol. The molecule has 2 heterocycles. The molecule has 0 spiro atoms. The van der Waals surface area contributed by atoms with Gasteiger partial charge in [0.25, 0.3) is 0 Å². The van der Waals surface area contributed by atoms with Crippen molar-refractivity contribution in [1.82, 2.24) is 19.9 Å². The quantitative estimate of drug-likeness (QED) is 0.0469. The van der Waals surface area contributed by atoms with E-state index in [1.165, 1.54) is 0 Å². The van der Waals surface area contributed by atoms with Gasteiger partial charge in [0.1, 0.15) is 11.5 Å². The van der Waals surface area contributed by atoms with Crippen LogP contribution >= 0.6 is 11.6 Å². The normalized spacial score (nSPS) is 13.0. The maximum atomic E-state index is 14.0. The molecular weight excluding hydrogens is 639 g/mol. The number of rotatable bonds is 12. The summed E-state index contributed by atoms with van der Waals surface area (Å²) in [5, 5.41) is 4.54. The fraction of sp³-hybridized carbons (Fsp3) is 0.447. The minimum atomic E-state index is -0.319. The molecule has 0 unspecified atom stereocenters. The first kappa shape index (κ1) is 39.4. The number of nitrogens with two attached hydrogens (primary N) is 3. The van der Waals surface area contributed by atoms with Gasteiger partial charge in [-0.25, -0.2) is 9.18 Å². The summed E-state index contributed by atoms with van der Waals surface area (Å²) in [5.74, 6) is -0.187. The number of H-pyrrole nitrogens is 1. The van der Waals surface area contributed by atoms with Crippen LogP contribution in [-0.4, -0.2) is 39.6 Å². The van der Waals surface area contributed by atoms with Crippen molar-refractivity contribution in [3.8, 4) is 5.69 Å². The van der Waals surface area contributed by atoms with Crippen LogP contribution in [-0.2, 0) is 17.3 Å². The summed E-state index contributed by atoms with van der Waals surface area (Å²) >= 11 is 5.97. The molecule has 0 amide bonds. The molecule has 9 nitrogen and oxygen atoms in total. The molecule has 0 saturated heterocycles. The molecule has 0 aliphatic heterocycles. The SMILES string of the molecule is C=C[C@H](NCCCN=C(N)N)c1ccc(-n2cc3cc(C(C)(C)C)[nH]c3nc2=O)cc1.C[C@H](N)CCCc1cc(Cl)c(F)c(C(C)(C)C)c1. The second-order valence-corrected chi connectivity index (χ2v) is 15.0. The van der Waals surface area contributed by atoms with E-state index in [1.807, 2.05) is 76.4 Å². The van der Waals surface area contributed by atoms with Crippen LogP contribution in [0.4, 0.5) is 4.39 Å². The Morgan fingerprint density at radius 1 is 1.10 bits per heavy atom. The van der Waals surface area contributed by atoms with E-state index in [-0.39, 0.29) is 45.4 Å². The monoisotopic (exact) mass is 692 g/mol. The topological polar surface area (TPSA) is 153 Å². The van der Waals surface area contributed by atoms with Gasteiger partial charge in [-0.1, -0.05) is 77.4 Å². The minimum Gasteiger partial charge on any atom is -0.370 e. The number of benzene rings is 2. The summed E-state index contributed by atoms with van der Waals surface area (Å²) in [7, 11) is 0. The number of hydrogen-bond donors (Lipinski definition) is 5. The number of aliphatic imine (C=N–C) groups is 1. The lowest BCUT2D eigenvalue weighted by molar-refractivity contribution is 0.521. The minimum absolute atomic E-state index is 0.00963. The van der Waals surface area contributed by atoms with E-state index in [4.69, 9.17) is 28.8 Å². The standard InChI is InChI=1S/C23H31N7O.C15H23ClFN/c1-5-18(26-11-6-12-27-21(24)25)15-7-9-17(10-8-15)30-14-16-13-19(23(2,3)4)28-20(16)29-22(30)31;1-10(18)6-5-7-11-8-12(15(2,3)4)14(17)13(16)9-11/h5,7-10,13-14,18,26H,1,6,11-12H2,2-4H3,(H4,24,25,27)(H,28,29,31);8-10H,5-7,18H2,1-4H3/t18-;10-/m00/s1. The van der Waals surface area contributed by atoms with Crippen molar-refractivity contribution >= 4 is 28.6 Å². The van der Waals surface area contributed by atoms with Gasteiger partial charge in [0.15, 0.2) is 5.96 Å². The number of aryl methyl sites for hydroxylation is 1. The van der Waals surface area contributed by atoms with Crippen LogP contribution in [0.5, 0.6) is 0 Å². The lowest BCUT2D eigenvalue weighted by atomic mass is 9.85. The van der Waals surface area contributed by atoms with Crippen molar-refractivity contribution in [2.75, 3.05) is 13.1 Å². The first-order chi connectivity index (χ1) is 22.9. The van der Waals surface area contributed by atoms with Gasteiger partial charge >= 0.3 is 5.69 Å². The molecule has 4 rings (SSSR count). The molecule has 11 heteroatoms. The Kier molecular flexibility index (Phi) is 13.8. The third-order valence-electron chi connectivity index (χ3n) is 8.10. The van der Waals surface area contributed by atoms with E-state index in [2.05, 4.69) is 47.6 Å². The molecule has 0 aliphatic carbocycles. The van der Waals surface area contributed by atoms with Crippen LogP contribution in [0, 0.1) is 5.82 Å². The fourth-order valence-corrected chi connectivity index (χ4v) is 5.51. The Bertz CT molecular complexity index is 1770. The van der Waals surface area contributed by atoms with Crippen molar-refractivity contribution in [3.63, 3.8) is 0 Å². The molecule has 2 aromatic carbocycles. The predicted molar refractivity (Wildman–Crippen MR) is 203 cm³/mol. The highest BCUT2D eigenvalue weighted by atomic mass is 35.5. The molecule has 4 aromatic rings. The number of halogens is 2. The Labute approximate surface area is 295 Å². The van der Waals surface area contributed by atoms with Gasteiger partial charge in [-0.15, -0.1) is 6.58 Å². The lowest BCUT2D eigenvalue weighted by Crippen LogP contribution is -2.24. The Morgan fingerprint density at radius 3 is 2.35 bits per heavy atom. The maximum Gasteiger partial charge on any atom is 0.354 e. The van der Waals surface area contributed by atoms with Gasteiger partial charge in [-0.2, -0.15) is 4.98 Å². The zero-order chi connectivity index (χ0) is 36.5. The number of nitrogens with one attached hydrogen (secondary N) is 2. The number of fused-ring (bicyclic) bond motifs is 1. The first-order valence-electron chi connectivity index (χ1n) is 16.8. The number of aromatic amines is 1. The molecule has 266 valence electrons. The van der Waals surface area contributed by atoms with E-state index in [1.54, 1.807) is 10.6 Å². The van der Waals surface area contributed by atoms with E-state index >= 15 is 0 Å². The zero-order valence-corrected chi connectivity index (χ0v) is 30.8. The average Bonchev–Trinajstić information content (AvgIpc) is 3.43. The van der Waals surface area contributed by atoms with Gasteiger partial charge in [0.2, 0.25) is 0 Å². The molecule has 0 fully saturated rings. The molecule has 0 saturated carbocycles. The van der Waals surface area contributed by atoms with Crippen LogP contribution in [0.1, 0.15) is 96.2 Å². The Balaban J connectivity index is 0.000000308. The van der Waals surface area contributed by atoms with Crippen LogP contribution in [0.3, 0.4) is 0 Å². The van der Waals surface area contributed by atoms with Crippen LogP contribution < -0.4 is 28.2 Å². The van der Waals surface area contributed by atoms with E-state index in [9.17, 15) is 9.18 Å². The van der Waals surface area contributed by atoms with Gasteiger partial charge in [0.05, 0.1) is 16.8 Å². The van der Waals surface area contributed by atoms with E-state index in [0.29, 0.717) is 17.8 Å². The van der Waals surface area contributed by atoms with E-state index < -0.39 is 0 Å². The molecule has 0 radical (unpaired) electrons. The van der Waals surface area contributed by atoms with Crippen molar-refractivity contribution in [1.29, 1.82) is 0 Å². The predicted octanol–water partition coefficient (Wildman–Crippen LogP) is 6.94. The van der Waals surface area contributed by atoms with Gasteiger partial charge < -0.3 is 27.5 Å². The molecule has 0 bridgehead atoms. The van der Waals surface area contributed by atoms with Crippen molar-refractivity contribution < 1.29 is 4.39 Å². The summed E-state index contributed by atoms with van der Waals surface area (Å²) in [4.78, 5) is 24.0. The van der Waals surface area contributed by atoms with Gasteiger partial charge in [-0.3, -0.25) is 9.56 Å². The lowest BCUT2D eigenvalue weighted by Gasteiger charge is -2.21. The van der Waals surface area contributed by atoms with Gasteiger partial charge in [-0.05, 0) is 85.5 Å². The highest BCUT2D eigenvalue weighted by molar-refractivity contribution is 6.30. The highest BCUT2D eigenvalue weighted by Crippen LogP contribution is 2.31. The van der Waals surface area contributed by atoms with Gasteiger partial charge in [0, 0.05) is 35.3 Å². The van der Waals surface area contributed by atoms with Crippen molar-refractivity contribution in [3.05, 3.63) is 105 Å². The molecule has 2 atom stereocenters. The van der Waals surface area contributed by atoms with Crippen LogP contribution in [0.2, 0.25) is 5.02 Å². The summed E-state index contributed by atoms with van der Waals surface area (Å²) in [6.45, 7) is 19.6. The second-order valence-electron chi connectivity index (χ2n) is 14.6. The summed E-state index contributed by atoms with van der Waals surface area (Å²) in [6.07, 6.45) is 7.36. The van der Waals surface area contributed by atoms with Crippen LogP contribution in [0.15, 0.2) is 71.1 Å². The summed E-state index contributed by atoms with van der Waals surface area (Å²) in [5.41, 5.74) is 21.0. The first-order valence-corrected chi connectivity index (χ1v) is 17.2. The highest BCUT2D eigenvalue weighted by Gasteiger charge is 2.21. The van der Waals surface area contributed by atoms with E-state index in [0.717, 1.165) is 60.1 Å². The molecule has 2 aromatic heterocycles. The largest absolute Gasteiger partial charge is 0.370 e.